The van der Waals surface area contributed by atoms with E-state index in [0.717, 1.165) is 57.3 Å². The van der Waals surface area contributed by atoms with Crippen molar-refractivity contribution in [2.75, 3.05) is 26.2 Å². The van der Waals surface area contributed by atoms with E-state index in [1.54, 1.807) is 0 Å². The van der Waals surface area contributed by atoms with Gasteiger partial charge in [-0.25, -0.2) is 0 Å². The highest BCUT2D eigenvalue weighted by Gasteiger charge is 2.15. The number of hydrogen-bond donors (Lipinski definition) is 1. The predicted molar refractivity (Wildman–Crippen MR) is 92.1 cm³/mol. The molecule has 0 amide bonds. The van der Waals surface area contributed by atoms with Gasteiger partial charge in [0.25, 0.3) is 0 Å². The molecule has 1 aromatic rings. The molecule has 3 rings (SSSR count). The van der Waals surface area contributed by atoms with Crippen LogP contribution in [-0.4, -0.2) is 37.1 Å². The van der Waals surface area contributed by atoms with Gasteiger partial charge in [-0.3, -0.25) is 4.99 Å². The second-order valence-corrected chi connectivity index (χ2v) is 5.03. The lowest BCUT2D eigenvalue weighted by Gasteiger charge is -2.20. The molecule has 0 spiro atoms. The molecular weight excluding hydrogens is 365 g/mol. The molecule has 0 fully saturated rings. The summed E-state index contributed by atoms with van der Waals surface area (Å²) < 4.78 is 5.64. The van der Waals surface area contributed by atoms with E-state index >= 15 is 0 Å². The second-order valence-electron chi connectivity index (χ2n) is 5.03. The summed E-state index contributed by atoms with van der Waals surface area (Å²) in [5.41, 5.74) is 2.64. The number of ether oxygens (including phenoxy) is 1. The van der Waals surface area contributed by atoms with Crippen molar-refractivity contribution in [3.63, 3.8) is 0 Å². The lowest BCUT2D eigenvalue weighted by molar-refractivity contribution is 0.288. The number of nitrogens with one attached hydrogen (secondary N) is 1. The van der Waals surface area contributed by atoms with Crippen molar-refractivity contribution in [2.24, 2.45) is 4.99 Å². The first-order valence-corrected chi connectivity index (χ1v) is 7.14. The van der Waals surface area contributed by atoms with Crippen LogP contribution in [0.25, 0.3) is 0 Å². The fraction of sp³-hybridized carbons (Fsp3) is 0.533. The van der Waals surface area contributed by atoms with Crippen LogP contribution < -0.4 is 10.1 Å². The van der Waals surface area contributed by atoms with Crippen molar-refractivity contribution in [3.05, 3.63) is 29.3 Å². The number of benzene rings is 1. The molecule has 0 aliphatic carbocycles. The van der Waals surface area contributed by atoms with Crippen LogP contribution in [0.15, 0.2) is 23.2 Å². The molecule has 2 heterocycles. The van der Waals surface area contributed by atoms with E-state index in [1.165, 1.54) is 11.1 Å². The van der Waals surface area contributed by atoms with Crippen molar-refractivity contribution in [3.8, 4) is 5.75 Å². The van der Waals surface area contributed by atoms with Crippen molar-refractivity contribution >= 4 is 29.9 Å². The number of aryl methyl sites for hydroxylation is 1. The zero-order valence-electron chi connectivity index (χ0n) is 11.9. The number of aliphatic imine (C=N–C) groups is 1. The fourth-order valence-corrected chi connectivity index (χ4v) is 2.66. The first-order chi connectivity index (χ1) is 9.36. The number of rotatable bonds is 3. The Morgan fingerprint density at radius 3 is 3.15 bits per heavy atom. The maximum Gasteiger partial charge on any atom is 0.194 e. The first-order valence-electron chi connectivity index (χ1n) is 7.14. The summed E-state index contributed by atoms with van der Waals surface area (Å²) in [6.45, 7) is 6.82. The highest BCUT2D eigenvalue weighted by atomic mass is 127. The molecule has 0 saturated heterocycles. The number of fused-ring (bicyclic) bond motifs is 1. The molecule has 4 nitrogen and oxygen atoms in total. The molecule has 2 aliphatic rings. The van der Waals surface area contributed by atoms with Gasteiger partial charge >= 0.3 is 0 Å². The molecule has 0 saturated carbocycles. The van der Waals surface area contributed by atoms with Crippen molar-refractivity contribution in [1.82, 2.24) is 10.2 Å². The van der Waals surface area contributed by atoms with Crippen LogP contribution in [0.4, 0.5) is 0 Å². The number of nitrogens with zero attached hydrogens (tertiary/aromatic N) is 2. The highest BCUT2D eigenvalue weighted by molar-refractivity contribution is 14.0. The van der Waals surface area contributed by atoms with Crippen molar-refractivity contribution < 1.29 is 4.74 Å². The van der Waals surface area contributed by atoms with Crippen LogP contribution in [0.2, 0.25) is 0 Å². The van der Waals surface area contributed by atoms with E-state index in [2.05, 4.69) is 40.3 Å². The molecule has 0 radical (unpaired) electrons. The van der Waals surface area contributed by atoms with Crippen LogP contribution in [-0.2, 0) is 13.0 Å². The third-order valence-electron chi connectivity index (χ3n) is 3.74. The minimum atomic E-state index is 0. The quantitative estimate of drug-likeness (QED) is 0.810. The molecule has 20 heavy (non-hydrogen) atoms. The van der Waals surface area contributed by atoms with E-state index in [9.17, 15) is 0 Å². The van der Waals surface area contributed by atoms with E-state index in [-0.39, 0.29) is 24.0 Å². The maximum atomic E-state index is 5.64. The van der Waals surface area contributed by atoms with Crippen LogP contribution in [0.5, 0.6) is 5.75 Å². The third kappa shape index (κ3) is 3.37. The Bertz CT molecular complexity index is 490. The summed E-state index contributed by atoms with van der Waals surface area (Å²) >= 11 is 0. The van der Waals surface area contributed by atoms with Crippen molar-refractivity contribution in [2.45, 2.75) is 26.3 Å². The number of guanidine groups is 1. The van der Waals surface area contributed by atoms with Gasteiger partial charge in [0.1, 0.15) is 5.75 Å². The van der Waals surface area contributed by atoms with Gasteiger partial charge in [-0.05, 0) is 37.0 Å². The summed E-state index contributed by atoms with van der Waals surface area (Å²) in [4.78, 5) is 6.78. The molecule has 110 valence electrons. The molecular formula is C15H22IN3O. The van der Waals surface area contributed by atoms with Crippen LogP contribution >= 0.6 is 24.0 Å². The van der Waals surface area contributed by atoms with Gasteiger partial charge in [-0.1, -0.05) is 12.1 Å². The number of hydrogen-bond acceptors (Lipinski definition) is 4. The molecule has 1 N–H and O–H groups in total. The Labute approximate surface area is 137 Å². The van der Waals surface area contributed by atoms with Gasteiger partial charge < -0.3 is 15.0 Å². The zero-order valence-corrected chi connectivity index (χ0v) is 14.2. The molecule has 0 bridgehead atoms. The summed E-state index contributed by atoms with van der Waals surface area (Å²) in [6.07, 6.45) is 2.26. The van der Waals surface area contributed by atoms with Crippen LogP contribution in [0, 0.1) is 0 Å². The molecule has 0 aromatic heterocycles. The highest BCUT2D eigenvalue weighted by Crippen LogP contribution is 2.25. The smallest absolute Gasteiger partial charge is 0.194 e. The Balaban J connectivity index is 0.00000147. The van der Waals surface area contributed by atoms with Crippen LogP contribution in [0.1, 0.15) is 24.5 Å². The van der Waals surface area contributed by atoms with Gasteiger partial charge in [-0.2, -0.15) is 0 Å². The summed E-state index contributed by atoms with van der Waals surface area (Å²) in [5, 5.41) is 3.44. The monoisotopic (exact) mass is 387 g/mol. The maximum absolute atomic E-state index is 5.64. The lowest BCUT2D eigenvalue weighted by atomic mass is 10.0. The molecule has 0 unspecified atom stereocenters. The Kier molecular flexibility index (Phi) is 5.51. The SMILES string of the molecule is CCN1CCN=C1NCc1ccc2c(c1)CCCO2.I. The topological polar surface area (TPSA) is 36.9 Å². The van der Waals surface area contributed by atoms with E-state index in [0.29, 0.717) is 0 Å². The Morgan fingerprint density at radius 2 is 2.30 bits per heavy atom. The molecule has 0 atom stereocenters. The van der Waals surface area contributed by atoms with Gasteiger partial charge in [0.05, 0.1) is 13.2 Å². The Hall–Kier alpha value is -0.980. The van der Waals surface area contributed by atoms with E-state index in [4.69, 9.17) is 4.74 Å². The lowest BCUT2D eigenvalue weighted by Crippen LogP contribution is -2.37. The Morgan fingerprint density at radius 1 is 1.40 bits per heavy atom. The van der Waals surface area contributed by atoms with Crippen molar-refractivity contribution in [1.29, 1.82) is 0 Å². The number of likely N-dealkylation sites (N-methyl/N-ethyl adjacent to an activating group) is 1. The number of halogens is 1. The largest absolute Gasteiger partial charge is 0.493 e. The van der Waals surface area contributed by atoms with E-state index < -0.39 is 0 Å². The minimum Gasteiger partial charge on any atom is -0.493 e. The summed E-state index contributed by atoms with van der Waals surface area (Å²) in [7, 11) is 0. The van der Waals surface area contributed by atoms with Gasteiger partial charge in [-0.15, -0.1) is 24.0 Å². The molecule has 2 aliphatic heterocycles. The summed E-state index contributed by atoms with van der Waals surface area (Å²) in [5.74, 6) is 2.10. The first kappa shape index (κ1) is 15.4. The summed E-state index contributed by atoms with van der Waals surface area (Å²) in [6, 6.07) is 6.50. The second kappa shape index (κ2) is 7.15. The normalized spacial score (nSPS) is 16.9. The van der Waals surface area contributed by atoms with Gasteiger partial charge in [0, 0.05) is 19.6 Å². The average molecular weight is 387 g/mol. The molecule has 5 heteroatoms. The average Bonchev–Trinajstić information content (AvgIpc) is 2.92. The van der Waals surface area contributed by atoms with E-state index in [1.807, 2.05) is 0 Å². The van der Waals surface area contributed by atoms with Gasteiger partial charge in [0.2, 0.25) is 0 Å². The minimum absolute atomic E-state index is 0. The fourth-order valence-electron chi connectivity index (χ4n) is 2.66. The third-order valence-corrected chi connectivity index (χ3v) is 3.74. The van der Waals surface area contributed by atoms with Crippen LogP contribution in [0.3, 0.4) is 0 Å². The zero-order chi connectivity index (χ0) is 13.1. The standard InChI is InChI=1S/C15H21N3O.HI/c1-2-18-8-7-16-15(18)17-11-12-5-6-14-13(10-12)4-3-9-19-14;/h5-6,10H,2-4,7-9,11H2,1H3,(H,16,17);1H. The molecule has 1 aromatic carbocycles. The predicted octanol–water partition coefficient (Wildman–Crippen LogP) is 2.41. The van der Waals surface area contributed by atoms with Gasteiger partial charge in [0.15, 0.2) is 5.96 Å².